The Morgan fingerprint density at radius 3 is 2.35 bits per heavy atom. The molecular weight excluding hydrogens is 646 g/mol. The van der Waals surface area contributed by atoms with Gasteiger partial charge >= 0.3 is 11.9 Å². The van der Waals surface area contributed by atoms with E-state index >= 15 is 0 Å². The highest BCUT2D eigenvalue weighted by Crippen LogP contribution is 2.24. The van der Waals surface area contributed by atoms with Gasteiger partial charge in [0.05, 0.1) is 11.5 Å². The van der Waals surface area contributed by atoms with Crippen molar-refractivity contribution in [3.05, 3.63) is 82.6 Å². The Hall–Kier alpha value is -5.68. The molecular formula is C31H35N7O9S. The van der Waals surface area contributed by atoms with Gasteiger partial charge in [-0.05, 0) is 56.0 Å². The quantitative estimate of drug-likeness (QED) is 0.109. The smallest absolute Gasteiger partial charge is 0.326 e. The molecule has 10 N–H and O–H groups in total. The number of carbonyl (C=O) groups is 3. The average Bonchev–Trinajstić information content (AvgIpc) is 3.03. The van der Waals surface area contributed by atoms with Gasteiger partial charge in [0.1, 0.15) is 16.6 Å². The van der Waals surface area contributed by atoms with Crippen molar-refractivity contribution in [1.82, 2.24) is 15.3 Å². The number of hydrogen-bond acceptors (Lipinski definition) is 11. The fourth-order valence-electron chi connectivity index (χ4n) is 4.79. The van der Waals surface area contributed by atoms with E-state index in [1.54, 1.807) is 42.5 Å². The molecule has 3 aromatic carbocycles. The maximum atomic E-state index is 12.5. The topological polar surface area (TPSA) is 266 Å². The first-order valence-electron chi connectivity index (χ1n) is 14.5. The van der Waals surface area contributed by atoms with Gasteiger partial charge in [-0.15, -0.1) is 0 Å². The van der Waals surface area contributed by atoms with Gasteiger partial charge in [0.2, 0.25) is 5.95 Å². The Balaban J connectivity index is 0.000000307. The van der Waals surface area contributed by atoms with E-state index < -0.39 is 39.4 Å². The molecule has 0 fully saturated rings. The number of nitrogens with zero attached hydrogens (tertiary/aromatic N) is 1. The number of nitrogens with two attached hydrogens (primary N) is 1. The van der Waals surface area contributed by atoms with Crippen molar-refractivity contribution >= 4 is 61.9 Å². The van der Waals surface area contributed by atoms with E-state index in [0.29, 0.717) is 35.7 Å². The van der Waals surface area contributed by atoms with Crippen LogP contribution in [0.3, 0.4) is 0 Å². The van der Waals surface area contributed by atoms with Crippen molar-refractivity contribution < 1.29 is 37.6 Å². The highest BCUT2D eigenvalue weighted by molar-refractivity contribution is 7.86. The minimum atomic E-state index is -4.13. The zero-order chi connectivity index (χ0) is 35.2. The summed E-state index contributed by atoms with van der Waals surface area (Å²) in [7, 11) is -4.13. The summed E-state index contributed by atoms with van der Waals surface area (Å²) in [5, 5.41) is 31.7. The number of nitrogen functional groups attached to an aromatic ring is 1. The van der Waals surface area contributed by atoms with E-state index in [2.05, 4.69) is 31.2 Å². The molecule has 0 spiro atoms. The number of hydrogen-bond donors (Lipinski definition) is 9. The van der Waals surface area contributed by atoms with Gasteiger partial charge in [-0.25, -0.2) is 4.79 Å². The highest BCUT2D eigenvalue weighted by atomic mass is 32.2. The van der Waals surface area contributed by atoms with Crippen LogP contribution < -0.4 is 32.6 Å². The lowest BCUT2D eigenvalue weighted by Gasteiger charge is -2.27. The molecule has 17 heteroatoms. The Labute approximate surface area is 274 Å². The molecule has 0 bridgehead atoms. The third-order valence-electron chi connectivity index (χ3n) is 7.43. The van der Waals surface area contributed by atoms with Crippen LogP contribution in [0.25, 0.3) is 10.8 Å². The zero-order valence-corrected chi connectivity index (χ0v) is 26.7. The number of fused-ring (bicyclic) bond motifs is 2. The number of aromatic nitrogens is 2. The summed E-state index contributed by atoms with van der Waals surface area (Å²) in [5.41, 5.74) is 5.08. The van der Waals surface area contributed by atoms with Crippen LogP contribution in [0, 0.1) is 5.41 Å². The fourth-order valence-corrected chi connectivity index (χ4v) is 5.51. The third-order valence-corrected chi connectivity index (χ3v) is 8.34. The first kappa shape index (κ1) is 35.2. The molecule has 2 atom stereocenters. The Bertz CT molecular complexity index is 1990. The largest absolute Gasteiger partial charge is 0.481 e. The monoisotopic (exact) mass is 681 g/mol. The van der Waals surface area contributed by atoms with Crippen molar-refractivity contribution in [3.63, 3.8) is 0 Å². The second kappa shape index (κ2) is 14.4. The van der Waals surface area contributed by atoms with Crippen LogP contribution in [0.5, 0.6) is 0 Å². The van der Waals surface area contributed by atoms with E-state index in [9.17, 15) is 37.8 Å². The van der Waals surface area contributed by atoms with E-state index in [4.69, 9.17) is 10.3 Å². The maximum Gasteiger partial charge on any atom is 0.326 e. The SMILES string of the molecule is CC(C)(C[C@H](NC(=O)c1ccc(NCC2CNc3nc(N)[nH]c(=O)c3N2)cc1)C(=O)O)C(=O)O.O=S(=O)(O)c1cccc2ccccc12. The number of H-pyrrole nitrogens is 1. The summed E-state index contributed by atoms with van der Waals surface area (Å²) in [5.74, 6) is -2.67. The van der Waals surface area contributed by atoms with Crippen LogP contribution >= 0.6 is 0 Å². The van der Waals surface area contributed by atoms with Gasteiger partial charge in [-0.2, -0.15) is 13.4 Å². The molecule has 254 valence electrons. The van der Waals surface area contributed by atoms with Crippen molar-refractivity contribution in [2.75, 3.05) is 34.8 Å². The molecule has 1 unspecified atom stereocenters. The molecule has 0 radical (unpaired) electrons. The summed E-state index contributed by atoms with van der Waals surface area (Å²) in [6, 6.07) is 16.7. The van der Waals surface area contributed by atoms with Crippen LogP contribution in [0.15, 0.2) is 76.4 Å². The summed E-state index contributed by atoms with van der Waals surface area (Å²) in [6.07, 6.45) is -0.264. The van der Waals surface area contributed by atoms with Gasteiger partial charge in [-0.1, -0.05) is 36.4 Å². The van der Waals surface area contributed by atoms with Gasteiger partial charge in [0, 0.05) is 29.7 Å². The van der Waals surface area contributed by atoms with Crippen molar-refractivity contribution in [2.45, 2.75) is 37.2 Å². The second-order valence-corrected chi connectivity index (χ2v) is 13.0. The summed E-state index contributed by atoms with van der Waals surface area (Å²) < 4.78 is 31.0. The third kappa shape index (κ3) is 8.77. The standard InChI is InChI=1S/C21H27N7O6.C10H8O3S/c1-21(2,19(33)34)7-13(18(31)32)26-16(29)10-3-5-11(6-4-10)23-8-12-9-24-15-14(25-12)17(30)28-20(22)27-15;11-14(12,13)10-7-3-5-8-4-1-2-6-9(8)10/h3-6,12-13,23,25H,7-9H2,1-2H3,(H,26,29)(H,31,32)(H,33,34)(H4,22,24,27,28,30);1-7H,(H,11,12,13)/t12?,13-;/m0./s1. The summed E-state index contributed by atoms with van der Waals surface area (Å²) >= 11 is 0. The van der Waals surface area contributed by atoms with Crippen LogP contribution in [-0.2, 0) is 19.7 Å². The molecule has 4 aromatic rings. The number of carbonyl (C=O) groups excluding carboxylic acids is 1. The zero-order valence-electron chi connectivity index (χ0n) is 25.9. The number of rotatable bonds is 10. The number of benzene rings is 3. The van der Waals surface area contributed by atoms with Crippen LogP contribution in [0.4, 0.5) is 23.1 Å². The predicted octanol–water partition coefficient (Wildman–Crippen LogP) is 2.44. The second-order valence-electron chi connectivity index (χ2n) is 11.6. The van der Waals surface area contributed by atoms with Crippen LogP contribution in [-0.4, -0.2) is 76.2 Å². The number of amides is 1. The Morgan fingerprint density at radius 1 is 1.04 bits per heavy atom. The number of carboxylic acids is 2. The van der Waals surface area contributed by atoms with Gasteiger partial charge in [0.25, 0.3) is 21.6 Å². The number of anilines is 4. The van der Waals surface area contributed by atoms with Crippen LogP contribution in [0.1, 0.15) is 30.6 Å². The molecule has 1 aromatic heterocycles. The van der Waals surface area contributed by atoms with Gasteiger partial charge in [-0.3, -0.25) is 23.9 Å². The minimum Gasteiger partial charge on any atom is -0.481 e. The normalized spacial score (nSPS) is 14.6. The lowest BCUT2D eigenvalue weighted by Crippen LogP contribution is -2.45. The lowest BCUT2D eigenvalue weighted by molar-refractivity contribution is -0.149. The molecule has 5 rings (SSSR count). The van der Waals surface area contributed by atoms with Crippen molar-refractivity contribution in [3.8, 4) is 0 Å². The van der Waals surface area contributed by atoms with Crippen LogP contribution in [0.2, 0.25) is 0 Å². The van der Waals surface area contributed by atoms with E-state index in [-0.39, 0.29) is 34.4 Å². The number of carboxylic acid groups (broad SMARTS) is 2. The minimum absolute atomic E-state index is 0.0269. The number of nitrogens with one attached hydrogen (secondary N) is 5. The maximum absolute atomic E-state index is 12.5. The molecule has 2 heterocycles. The average molecular weight is 682 g/mol. The highest BCUT2D eigenvalue weighted by Gasteiger charge is 2.34. The molecule has 16 nitrogen and oxygen atoms in total. The molecule has 1 aliphatic heterocycles. The first-order chi connectivity index (χ1) is 22.5. The molecule has 1 aliphatic rings. The summed E-state index contributed by atoms with van der Waals surface area (Å²) in [4.78, 5) is 53.8. The number of aromatic amines is 1. The van der Waals surface area contributed by atoms with E-state index in [1.165, 1.54) is 32.0 Å². The molecule has 0 aliphatic carbocycles. The molecule has 0 saturated heterocycles. The molecule has 48 heavy (non-hydrogen) atoms. The number of aliphatic carboxylic acids is 2. The Kier molecular flexibility index (Phi) is 10.5. The first-order valence-corrected chi connectivity index (χ1v) is 16.0. The Morgan fingerprint density at radius 2 is 1.71 bits per heavy atom. The van der Waals surface area contributed by atoms with Crippen molar-refractivity contribution in [1.29, 1.82) is 0 Å². The molecule has 1 amide bonds. The van der Waals surface area contributed by atoms with Crippen molar-refractivity contribution in [2.24, 2.45) is 5.41 Å². The fraction of sp³-hybridized carbons (Fsp3) is 0.258. The predicted molar refractivity (Wildman–Crippen MR) is 179 cm³/mol. The van der Waals surface area contributed by atoms with Gasteiger partial charge < -0.3 is 37.2 Å². The van der Waals surface area contributed by atoms with E-state index in [1.807, 2.05) is 6.07 Å². The molecule has 0 saturated carbocycles. The van der Waals surface area contributed by atoms with Gasteiger partial charge in [0.15, 0.2) is 5.82 Å². The summed E-state index contributed by atoms with van der Waals surface area (Å²) in [6.45, 7) is 3.75. The van der Waals surface area contributed by atoms with E-state index in [0.717, 1.165) is 5.39 Å². The lowest BCUT2D eigenvalue weighted by atomic mass is 9.85.